The Morgan fingerprint density at radius 3 is 2.93 bits per heavy atom. The number of aromatic nitrogens is 1. The minimum atomic E-state index is 1.14. The van der Waals surface area contributed by atoms with Crippen LogP contribution in [0.15, 0.2) is 36.5 Å². The molecule has 0 bridgehead atoms. The summed E-state index contributed by atoms with van der Waals surface area (Å²) in [5.74, 6) is 0. The molecule has 0 fully saturated rings. The number of rotatable bonds is 0. The molecule has 2 aromatic heterocycles. The van der Waals surface area contributed by atoms with Gasteiger partial charge in [-0.25, -0.2) is 0 Å². The number of pyridine rings is 1. The zero-order valence-electron chi connectivity index (χ0n) is 7.82. The maximum atomic E-state index is 4.48. The second-order valence-corrected chi connectivity index (χ2v) is 4.54. The summed E-state index contributed by atoms with van der Waals surface area (Å²) in [6, 6.07) is 10.6. The third kappa shape index (κ3) is 1.04. The third-order valence-electron chi connectivity index (χ3n) is 2.35. The SMILES string of the molecule is Cc1cnc2c(c1)sc1ccccc12. The molecule has 1 aromatic carbocycles. The average molecular weight is 199 g/mol. The smallest absolute Gasteiger partial charge is 0.0888 e. The molecule has 0 saturated carbocycles. The second kappa shape index (κ2) is 2.79. The van der Waals surface area contributed by atoms with Gasteiger partial charge in [-0.3, -0.25) is 4.98 Å². The summed E-state index contributed by atoms with van der Waals surface area (Å²) in [6.45, 7) is 2.08. The van der Waals surface area contributed by atoms with Gasteiger partial charge in [0, 0.05) is 16.3 Å². The van der Waals surface area contributed by atoms with E-state index in [2.05, 4.69) is 42.2 Å². The molecule has 2 heterocycles. The molecule has 0 aliphatic rings. The lowest BCUT2D eigenvalue weighted by molar-refractivity contribution is 1.35. The van der Waals surface area contributed by atoms with E-state index >= 15 is 0 Å². The normalized spacial score (nSPS) is 11.2. The molecule has 1 nitrogen and oxygen atoms in total. The first-order valence-corrected chi connectivity index (χ1v) is 5.40. The highest BCUT2D eigenvalue weighted by Gasteiger charge is 2.04. The number of aryl methyl sites for hydroxylation is 1. The predicted octanol–water partition coefficient (Wildman–Crippen LogP) is 3.76. The number of nitrogens with zero attached hydrogens (tertiary/aromatic N) is 1. The Hall–Kier alpha value is -1.41. The van der Waals surface area contributed by atoms with Crippen LogP contribution in [0.3, 0.4) is 0 Å². The van der Waals surface area contributed by atoms with Crippen LogP contribution < -0.4 is 0 Å². The molecule has 0 aliphatic carbocycles. The lowest BCUT2D eigenvalue weighted by atomic mass is 10.2. The van der Waals surface area contributed by atoms with E-state index in [1.165, 1.54) is 20.3 Å². The monoisotopic (exact) mass is 199 g/mol. The summed E-state index contributed by atoms with van der Waals surface area (Å²) >= 11 is 1.81. The van der Waals surface area contributed by atoms with E-state index in [1.807, 2.05) is 17.5 Å². The zero-order valence-corrected chi connectivity index (χ0v) is 8.64. The van der Waals surface area contributed by atoms with Crippen LogP contribution >= 0.6 is 11.3 Å². The minimum absolute atomic E-state index is 1.14. The summed E-state index contributed by atoms with van der Waals surface area (Å²) < 4.78 is 2.60. The van der Waals surface area contributed by atoms with Gasteiger partial charge in [-0.1, -0.05) is 18.2 Å². The van der Waals surface area contributed by atoms with Gasteiger partial charge in [-0.2, -0.15) is 0 Å². The molecule has 0 spiro atoms. The van der Waals surface area contributed by atoms with Crippen molar-refractivity contribution < 1.29 is 0 Å². The topological polar surface area (TPSA) is 12.9 Å². The second-order valence-electron chi connectivity index (χ2n) is 3.46. The molecule has 0 aliphatic heterocycles. The molecule has 0 N–H and O–H groups in total. The Balaban J connectivity index is 2.57. The first-order chi connectivity index (χ1) is 6.84. The summed E-state index contributed by atoms with van der Waals surface area (Å²) in [5, 5.41) is 1.27. The molecular formula is C12H9NS. The molecular weight excluding hydrogens is 190 g/mol. The maximum absolute atomic E-state index is 4.48. The highest BCUT2D eigenvalue weighted by Crippen LogP contribution is 2.32. The van der Waals surface area contributed by atoms with Crippen molar-refractivity contribution in [2.24, 2.45) is 0 Å². The van der Waals surface area contributed by atoms with Gasteiger partial charge in [0.1, 0.15) is 0 Å². The van der Waals surface area contributed by atoms with E-state index in [1.54, 1.807) is 0 Å². The van der Waals surface area contributed by atoms with E-state index in [0.717, 1.165) is 5.52 Å². The van der Waals surface area contributed by atoms with Gasteiger partial charge >= 0.3 is 0 Å². The van der Waals surface area contributed by atoms with E-state index in [9.17, 15) is 0 Å². The van der Waals surface area contributed by atoms with Crippen molar-refractivity contribution >= 4 is 31.6 Å². The summed E-state index contributed by atoms with van der Waals surface area (Å²) in [7, 11) is 0. The van der Waals surface area contributed by atoms with Crippen LogP contribution in [0.2, 0.25) is 0 Å². The lowest BCUT2D eigenvalue weighted by Crippen LogP contribution is -1.75. The molecule has 3 rings (SSSR count). The van der Waals surface area contributed by atoms with E-state index in [0.29, 0.717) is 0 Å². The lowest BCUT2D eigenvalue weighted by Gasteiger charge is -1.91. The Kier molecular flexibility index (Phi) is 1.58. The summed E-state index contributed by atoms with van der Waals surface area (Å²) in [6.07, 6.45) is 1.93. The number of hydrogen-bond acceptors (Lipinski definition) is 2. The molecule has 0 unspecified atom stereocenters. The van der Waals surface area contributed by atoms with Crippen molar-refractivity contribution in [1.82, 2.24) is 4.98 Å². The highest BCUT2D eigenvalue weighted by molar-refractivity contribution is 7.25. The van der Waals surface area contributed by atoms with Gasteiger partial charge in [0.2, 0.25) is 0 Å². The van der Waals surface area contributed by atoms with Gasteiger partial charge in [-0.05, 0) is 24.6 Å². The van der Waals surface area contributed by atoms with Gasteiger partial charge in [0.25, 0.3) is 0 Å². The fourth-order valence-corrected chi connectivity index (χ4v) is 2.85. The number of hydrogen-bond donors (Lipinski definition) is 0. The fraction of sp³-hybridized carbons (Fsp3) is 0.0833. The van der Waals surface area contributed by atoms with Gasteiger partial charge in [-0.15, -0.1) is 11.3 Å². The van der Waals surface area contributed by atoms with E-state index in [-0.39, 0.29) is 0 Å². The van der Waals surface area contributed by atoms with Crippen LogP contribution in [0, 0.1) is 6.92 Å². The van der Waals surface area contributed by atoms with Crippen LogP contribution in [0.4, 0.5) is 0 Å². The maximum Gasteiger partial charge on any atom is 0.0888 e. The Morgan fingerprint density at radius 1 is 1.14 bits per heavy atom. The number of thiophene rings is 1. The van der Waals surface area contributed by atoms with Gasteiger partial charge < -0.3 is 0 Å². The molecule has 3 aromatic rings. The highest BCUT2D eigenvalue weighted by atomic mass is 32.1. The Bertz CT molecular complexity index is 610. The summed E-state index contributed by atoms with van der Waals surface area (Å²) in [5.41, 5.74) is 2.36. The van der Waals surface area contributed by atoms with Crippen LogP contribution in [0.1, 0.15) is 5.56 Å². The van der Waals surface area contributed by atoms with Crippen molar-refractivity contribution in [3.05, 3.63) is 42.1 Å². The Morgan fingerprint density at radius 2 is 2.00 bits per heavy atom. The van der Waals surface area contributed by atoms with Crippen LogP contribution in [-0.4, -0.2) is 4.98 Å². The van der Waals surface area contributed by atoms with Gasteiger partial charge in [0.15, 0.2) is 0 Å². The van der Waals surface area contributed by atoms with E-state index < -0.39 is 0 Å². The van der Waals surface area contributed by atoms with Crippen LogP contribution in [0.5, 0.6) is 0 Å². The predicted molar refractivity (Wildman–Crippen MR) is 61.9 cm³/mol. The van der Waals surface area contributed by atoms with Crippen molar-refractivity contribution in [1.29, 1.82) is 0 Å². The van der Waals surface area contributed by atoms with E-state index in [4.69, 9.17) is 0 Å². The molecule has 0 radical (unpaired) electrons. The first-order valence-electron chi connectivity index (χ1n) is 4.58. The summed E-state index contributed by atoms with van der Waals surface area (Å²) in [4.78, 5) is 4.48. The number of fused-ring (bicyclic) bond motifs is 3. The van der Waals surface area contributed by atoms with Crippen LogP contribution in [-0.2, 0) is 0 Å². The standard InChI is InChI=1S/C12H9NS/c1-8-6-11-12(13-7-8)9-4-2-3-5-10(9)14-11/h2-7H,1H3. The Labute approximate surface area is 86.0 Å². The zero-order chi connectivity index (χ0) is 9.54. The third-order valence-corrected chi connectivity index (χ3v) is 3.46. The largest absolute Gasteiger partial charge is 0.254 e. The molecule has 68 valence electrons. The average Bonchev–Trinajstić information content (AvgIpc) is 2.54. The quantitative estimate of drug-likeness (QED) is 0.537. The van der Waals surface area contributed by atoms with Crippen LogP contribution in [0.25, 0.3) is 20.3 Å². The molecule has 14 heavy (non-hydrogen) atoms. The minimum Gasteiger partial charge on any atom is -0.254 e. The van der Waals surface area contributed by atoms with Crippen molar-refractivity contribution in [2.45, 2.75) is 6.92 Å². The molecule has 0 atom stereocenters. The fourth-order valence-electron chi connectivity index (χ4n) is 1.69. The van der Waals surface area contributed by atoms with Gasteiger partial charge in [0.05, 0.1) is 10.2 Å². The molecule has 2 heteroatoms. The van der Waals surface area contributed by atoms with Crippen molar-refractivity contribution in [3.8, 4) is 0 Å². The van der Waals surface area contributed by atoms with Crippen molar-refractivity contribution in [2.75, 3.05) is 0 Å². The first kappa shape index (κ1) is 7.94. The molecule has 0 saturated heterocycles. The molecule has 0 amide bonds. The number of benzene rings is 1. The van der Waals surface area contributed by atoms with Crippen molar-refractivity contribution in [3.63, 3.8) is 0 Å².